The number of fused-ring (bicyclic) bond motifs is 1. The molecule has 0 aromatic heterocycles. The van der Waals surface area contributed by atoms with Gasteiger partial charge < -0.3 is 19.7 Å². The highest BCUT2D eigenvalue weighted by atomic mass is 16.5. The first-order chi connectivity index (χ1) is 15.0. The molecule has 3 rings (SSSR count). The van der Waals surface area contributed by atoms with E-state index in [0.717, 1.165) is 12.8 Å². The number of ether oxygens (including phenoxy) is 2. The third-order valence-electron chi connectivity index (χ3n) is 5.01. The molecule has 1 unspecified atom stereocenters. The molecule has 0 saturated heterocycles. The molecular weight excluding hydrogens is 396 g/mol. The minimum Gasteiger partial charge on any atom is -0.478 e. The normalized spacial score (nSPS) is 15.1. The standard InChI is InChI=1S/C24H28N2O5/c1-3-5-15-30-24(29)17-9-8-10-18(16-17)25-22(27)13-14-26-19-11-6-7-12-21(19)31-20(4-2)23(26)28/h6-12,16,20H,3-5,13-15H2,1-2H3,(H,25,27). The molecule has 7 nitrogen and oxygen atoms in total. The van der Waals surface area contributed by atoms with Crippen LogP contribution in [0, 0.1) is 0 Å². The molecule has 0 saturated carbocycles. The van der Waals surface area contributed by atoms with Crippen molar-refractivity contribution in [2.45, 2.75) is 45.6 Å². The molecule has 0 radical (unpaired) electrons. The van der Waals surface area contributed by atoms with E-state index in [1.54, 1.807) is 29.2 Å². The molecule has 0 fully saturated rings. The van der Waals surface area contributed by atoms with Gasteiger partial charge in [0.2, 0.25) is 5.91 Å². The van der Waals surface area contributed by atoms with E-state index in [2.05, 4.69) is 5.32 Å². The van der Waals surface area contributed by atoms with E-state index in [0.29, 0.717) is 35.7 Å². The fourth-order valence-corrected chi connectivity index (χ4v) is 3.32. The minimum atomic E-state index is -0.548. The van der Waals surface area contributed by atoms with Crippen LogP contribution in [-0.2, 0) is 14.3 Å². The predicted molar refractivity (Wildman–Crippen MR) is 118 cm³/mol. The first-order valence-electron chi connectivity index (χ1n) is 10.7. The fourth-order valence-electron chi connectivity index (χ4n) is 3.32. The number of hydrogen-bond acceptors (Lipinski definition) is 5. The lowest BCUT2D eigenvalue weighted by Crippen LogP contribution is -2.46. The summed E-state index contributed by atoms with van der Waals surface area (Å²) in [5.41, 5.74) is 1.56. The second kappa shape index (κ2) is 10.6. The molecule has 31 heavy (non-hydrogen) atoms. The van der Waals surface area contributed by atoms with Gasteiger partial charge in [0.25, 0.3) is 5.91 Å². The minimum absolute atomic E-state index is 0.113. The summed E-state index contributed by atoms with van der Waals surface area (Å²) < 4.78 is 11.0. The van der Waals surface area contributed by atoms with Gasteiger partial charge >= 0.3 is 5.97 Å². The summed E-state index contributed by atoms with van der Waals surface area (Å²) in [6, 6.07) is 14.0. The van der Waals surface area contributed by atoms with Crippen molar-refractivity contribution in [2.24, 2.45) is 0 Å². The Balaban J connectivity index is 1.61. The number of para-hydroxylation sites is 2. The van der Waals surface area contributed by atoms with Crippen molar-refractivity contribution in [3.8, 4) is 5.75 Å². The van der Waals surface area contributed by atoms with E-state index in [4.69, 9.17) is 9.47 Å². The van der Waals surface area contributed by atoms with Crippen LogP contribution >= 0.6 is 0 Å². The second-order valence-corrected chi connectivity index (χ2v) is 7.34. The summed E-state index contributed by atoms with van der Waals surface area (Å²) in [6.07, 6.45) is 1.87. The van der Waals surface area contributed by atoms with Gasteiger partial charge in [-0.2, -0.15) is 0 Å². The lowest BCUT2D eigenvalue weighted by Gasteiger charge is -2.33. The van der Waals surface area contributed by atoms with Crippen LogP contribution in [0.5, 0.6) is 5.75 Å². The van der Waals surface area contributed by atoms with Crippen LogP contribution in [0.1, 0.15) is 49.9 Å². The van der Waals surface area contributed by atoms with Crippen LogP contribution in [0.15, 0.2) is 48.5 Å². The van der Waals surface area contributed by atoms with Gasteiger partial charge in [-0.25, -0.2) is 4.79 Å². The molecule has 2 aromatic rings. The molecule has 1 heterocycles. The Morgan fingerprint density at radius 1 is 1.13 bits per heavy atom. The maximum absolute atomic E-state index is 12.7. The summed E-state index contributed by atoms with van der Waals surface area (Å²) >= 11 is 0. The number of carbonyl (C=O) groups is 3. The summed E-state index contributed by atoms with van der Waals surface area (Å²) in [7, 11) is 0. The number of nitrogens with one attached hydrogen (secondary N) is 1. The average Bonchev–Trinajstić information content (AvgIpc) is 2.78. The first kappa shape index (κ1) is 22.3. The van der Waals surface area contributed by atoms with E-state index >= 15 is 0 Å². The number of anilines is 2. The first-order valence-corrected chi connectivity index (χ1v) is 10.7. The van der Waals surface area contributed by atoms with Crippen molar-refractivity contribution in [1.29, 1.82) is 0 Å². The third kappa shape index (κ3) is 5.63. The SMILES string of the molecule is CCCCOC(=O)c1cccc(NC(=O)CCN2C(=O)C(CC)Oc3ccccc32)c1. The number of benzene rings is 2. The molecular formula is C24H28N2O5. The van der Waals surface area contributed by atoms with Gasteiger partial charge in [0, 0.05) is 18.7 Å². The van der Waals surface area contributed by atoms with Gasteiger partial charge in [-0.05, 0) is 43.2 Å². The number of hydrogen-bond donors (Lipinski definition) is 1. The van der Waals surface area contributed by atoms with Crippen LogP contribution in [0.25, 0.3) is 0 Å². The molecule has 164 valence electrons. The monoisotopic (exact) mass is 424 g/mol. The van der Waals surface area contributed by atoms with Crippen LogP contribution < -0.4 is 15.0 Å². The van der Waals surface area contributed by atoms with Crippen LogP contribution in [0.4, 0.5) is 11.4 Å². The summed E-state index contributed by atoms with van der Waals surface area (Å²) in [6.45, 7) is 4.52. The van der Waals surface area contributed by atoms with Crippen molar-refractivity contribution in [3.63, 3.8) is 0 Å². The van der Waals surface area contributed by atoms with E-state index < -0.39 is 12.1 Å². The highest BCUT2D eigenvalue weighted by Crippen LogP contribution is 2.34. The number of esters is 1. The lowest BCUT2D eigenvalue weighted by molar-refractivity contribution is -0.126. The molecule has 0 aliphatic carbocycles. The molecule has 0 spiro atoms. The summed E-state index contributed by atoms with van der Waals surface area (Å²) in [5.74, 6) is -0.165. The molecule has 1 aliphatic heterocycles. The molecule has 1 atom stereocenters. The van der Waals surface area contributed by atoms with Crippen LogP contribution in [-0.4, -0.2) is 37.0 Å². The summed E-state index contributed by atoms with van der Waals surface area (Å²) in [4.78, 5) is 39.0. The number of nitrogens with zero attached hydrogens (tertiary/aromatic N) is 1. The number of unbranched alkanes of at least 4 members (excludes halogenated alkanes) is 1. The Kier molecular flexibility index (Phi) is 7.65. The van der Waals surface area contributed by atoms with Crippen molar-refractivity contribution in [1.82, 2.24) is 0 Å². The van der Waals surface area contributed by atoms with E-state index in [9.17, 15) is 14.4 Å². The van der Waals surface area contributed by atoms with Gasteiger partial charge in [0.15, 0.2) is 6.10 Å². The van der Waals surface area contributed by atoms with Crippen molar-refractivity contribution < 1.29 is 23.9 Å². The molecule has 2 aromatic carbocycles. The van der Waals surface area contributed by atoms with E-state index in [1.165, 1.54) is 0 Å². The largest absolute Gasteiger partial charge is 0.478 e. The second-order valence-electron chi connectivity index (χ2n) is 7.34. The summed E-state index contributed by atoms with van der Waals surface area (Å²) in [5, 5.41) is 2.79. The van der Waals surface area contributed by atoms with Gasteiger partial charge in [0.1, 0.15) is 5.75 Å². The van der Waals surface area contributed by atoms with Gasteiger partial charge in [-0.3, -0.25) is 9.59 Å². The van der Waals surface area contributed by atoms with Gasteiger partial charge in [-0.15, -0.1) is 0 Å². The smallest absolute Gasteiger partial charge is 0.338 e. The van der Waals surface area contributed by atoms with Crippen LogP contribution in [0.2, 0.25) is 0 Å². The third-order valence-corrected chi connectivity index (χ3v) is 5.01. The van der Waals surface area contributed by atoms with Crippen molar-refractivity contribution in [2.75, 3.05) is 23.4 Å². The zero-order valence-corrected chi connectivity index (χ0v) is 17.9. The quantitative estimate of drug-likeness (QED) is 0.482. The van der Waals surface area contributed by atoms with Gasteiger partial charge in [0.05, 0.1) is 17.9 Å². The topological polar surface area (TPSA) is 84.9 Å². The molecule has 2 amide bonds. The number of carbonyl (C=O) groups excluding carboxylic acids is 3. The number of rotatable bonds is 9. The molecule has 1 aliphatic rings. The predicted octanol–water partition coefficient (Wildman–Crippen LogP) is 4.18. The highest BCUT2D eigenvalue weighted by Gasteiger charge is 2.33. The Hall–Kier alpha value is -3.35. The zero-order valence-electron chi connectivity index (χ0n) is 17.9. The number of amides is 2. The van der Waals surface area contributed by atoms with Gasteiger partial charge in [-0.1, -0.05) is 38.5 Å². The lowest BCUT2D eigenvalue weighted by atomic mass is 10.1. The Labute approximate surface area is 182 Å². The van der Waals surface area contributed by atoms with Crippen molar-refractivity contribution in [3.05, 3.63) is 54.1 Å². The molecule has 1 N–H and O–H groups in total. The Morgan fingerprint density at radius 3 is 2.71 bits per heavy atom. The van der Waals surface area contributed by atoms with Crippen LogP contribution in [0.3, 0.4) is 0 Å². The molecule has 7 heteroatoms. The highest BCUT2D eigenvalue weighted by molar-refractivity contribution is 6.01. The van der Waals surface area contributed by atoms with Crippen molar-refractivity contribution >= 4 is 29.2 Å². The fraction of sp³-hybridized carbons (Fsp3) is 0.375. The maximum Gasteiger partial charge on any atom is 0.338 e. The Bertz CT molecular complexity index is 943. The maximum atomic E-state index is 12.7. The zero-order chi connectivity index (χ0) is 22.2. The molecule has 0 bridgehead atoms. The Morgan fingerprint density at radius 2 is 1.94 bits per heavy atom. The van der Waals surface area contributed by atoms with E-state index in [-0.39, 0.29) is 24.8 Å². The average molecular weight is 424 g/mol. The van der Waals surface area contributed by atoms with E-state index in [1.807, 2.05) is 38.1 Å².